The van der Waals surface area contributed by atoms with Gasteiger partial charge in [0, 0.05) is 21.4 Å². The molecular formula is C30H25Cl2N3O8. The maximum Gasteiger partial charge on any atom is 0.338 e. The first kappa shape index (κ1) is 31.2. The van der Waals surface area contributed by atoms with Gasteiger partial charge in [-0.2, -0.15) is 0 Å². The number of rotatable bonds is 9. The number of esters is 2. The fourth-order valence-corrected chi connectivity index (χ4v) is 4.68. The van der Waals surface area contributed by atoms with Crippen LogP contribution in [0, 0.1) is 13.8 Å². The van der Waals surface area contributed by atoms with Crippen molar-refractivity contribution in [1.82, 2.24) is 4.90 Å². The Morgan fingerprint density at radius 3 is 1.79 bits per heavy atom. The van der Waals surface area contributed by atoms with E-state index in [9.17, 15) is 28.8 Å². The van der Waals surface area contributed by atoms with E-state index in [0.717, 1.165) is 6.07 Å². The number of halogens is 2. The molecule has 0 radical (unpaired) electrons. The van der Waals surface area contributed by atoms with E-state index in [0.29, 0.717) is 37.4 Å². The van der Waals surface area contributed by atoms with Crippen molar-refractivity contribution in [3.05, 3.63) is 92.5 Å². The average Bonchev–Trinajstić information content (AvgIpc) is 3.21. The van der Waals surface area contributed by atoms with Crippen molar-refractivity contribution < 1.29 is 38.2 Å². The number of carbonyl (C=O) groups is 6. The van der Waals surface area contributed by atoms with Crippen LogP contribution in [0.1, 0.15) is 49.1 Å². The van der Waals surface area contributed by atoms with Crippen LogP contribution in [0.3, 0.4) is 0 Å². The quantitative estimate of drug-likeness (QED) is 0.259. The second-order valence-electron chi connectivity index (χ2n) is 9.62. The molecule has 1 atom stereocenters. The summed E-state index contributed by atoms with van der Waals surface area (Å²) in [6, 6.07) is 12.0. The van der Waals surface area contributed by atoms with Crippen LogP contribution in [0.15, 0.2) is 54.6 Å². The van der Waals surface area contributed by atoms with Gasteiger partial charge < -0.3 is 20.1 Å². The number of fused-ring (bicyclic) bond motifs is 1. The summed E-state index contributed by atoms with van der Waals surface area (Å²) in [5.74, 6) is -4.73. The molecule has 0 saturated heterocycles. The van der Waals surface area contributed by atoms with E-state index < -0.39 is 54.8 Å². The van der Waals surface area contributed by atoms with Gasteiger partial charge in [0.05, 0.1) is 16.7 Å². The van der Waals surface area contributed by atoms with Gasteiger partial charge in [-0.3, -0.25) is 24.1 Å². The van der Waals surface area contributed by atoms with E-state index in [4.69, 9.17) is 32.7 Å². The number of amides is 4. The van der Waals surface area contributed by atoms with Gasteiger partial charge >= 0.3 is 11.9 Å². The van der Waals surface area contributed by atoms with Crippen LogP contribution in [0.2, 0.25) is 10.0 Å². The molecular weight excluding hydrogens is 601 g/mol. The fourth-order valence-electron chi connectivity index (χ4n) is 4.22. The standard InChI is InChI=1S/C30H25Cl2N3O8/c1-15-10-19(31)5-8-23(15)33-25(36)13-42-29(40)17(3)35-27(38)21-7-4-18(12-22(21)28(35)39)30(41)43-14-26(37)34-24-9-6-20(32)11-16(24)2/h4-12,17H,13-14H2,1-3H3,(H,33,36)(H,34,37)/t17-/m0/s1. The highest BCUT2D eigenvalue weighted by molar-refractivity contribution is 6.31. The summed E-state index contributed by atoms with van der Waals surface area (Å²) >= 11 is 11.8. The van der Waals surface area contributed by atoms with Gasteiger partial charge in [-0.05, 0) is 86.5 Å². The Morgan fingerprint density at radius 2 is 1.26 bits per heavy atom. The number of hydrogen-bond acceptors (Lipinski definition) is 8. The van der Waals surface area contributed by atoms with Crippen molar-refractivity contribution in [2.24, 2.45) is 0 Å². The molecule has 222 valence electrons. The van der Waals surface area contributed by atoms with Gasteiger partial charge in [-0.15, -0.1) is 0 Å². The lowest BCUT2D eigenvalue weighted by Crippen LogP contribution is -2.44. The lowest BCUT2D eigenvalue weighted by atomic mass is 10.1. The summed E-state index contributed by atoms with van der Waals surface area (Å²) in [7, 11) is 0. The Morgan fingerprint density at radius 1 is 0.744 bits per heavy atom. The van der Waals surface area contributed by atoms with E-state index >= 15 is 0 Å². The molecule has 2 N–H and O–H groups in total. The molecule has 13 heteroatoms. The van der Waals surface area contributed by atoms with Crippen LogP contribution < -0.4 is 10.6 Å². The van der Waals surface area contributed by atoms with Crippen LogP contribution in [-0.2, 0) is 23.9 Å². The van der Waals surface area contributed by atoms with Crippen molar-refractivity contribution in [3.63, 3.8) is 0 Å². The number of nitrogens with zero attached hydrogens (tertiary/aromatic N) is 1. The lowest BCUT2D eigenvalue weighted by Gasteiger charge is -2.20. The predicted molar refractivity (Wildman–Crippen MR) is 157 cm³/mol. The van der Waals surface area contributed by atoms with Gasteiger partial charge in [0.2, 0.25) is 0 Å². The monoisotopic (exact) mass is 625 g/mol. The Kier molecular flexibility index (Phi) is 9.47. The summed E-state index contributed by atoms with van der Waals surface area (Å²) in [5, 5.41) is 6.19. The van der Waals surface area contributed by atoms with Crippen LogP contribution >= 0.6 is 23.2 Å². The molecule has 43 heavy (non-hydrogen) atoms. The number of imide groups is 1. The third-order valence-electron chi connectivity index (χ3n) is 6.49. The van der Waals surface area contributed by atoms with Crippen LogP contribution in [0.25, 0.3) is 0 Å². The number of aryl methyl sites for hydroxylation is 2. The molecule has 0 aromatic heterocycles. The van der Waals surface area contributed by atoms with E-state index in [2.05, 4.69) is 10.6 Å². The third-order valence-corrected chi connectivity index (χ3v) is 6.96. The molecule has 0 aliphatic carbocycles. The Balaban J connectivity index is 1.34. The highest BCUT2D eigenvalue weighted by Gasteiger charge is 2.42. The molecule has 1 aliphatic heterocycles. The second-order valence-corrected chi connectivity index (χ2v) is 10.5. The summed E-state index contributed by atoms with van der Waals surface area (Å²) in [6.45, 7) is 3.51. The van der Waals surface area contributed by atoms with Crippen molar-refractivity contribution in [1.29, 1.82) is 0 Å². The third kappa shape index (κ3) is 7.19. The largest absolute Gasteiger partial charge is 0.454 e. The lowest BCUT2D eigenvalue weighted by molar-refractivity contribution is -0.150. The number of ether oxygens (including phenoxy) is 2. The number of carbonyl (C=O) groups excluding carboxylic acids is 6. The Hall–Kier alpha value is -4.74. The van der Waals surface area contributed by atoms with E-state index in [1.165, 1.54) is 19.1 Å². The number of anilines is 2. The van der Waals surface area contributed by atoms with Crippen LogP contribution in [-0.4, -0.2) is 59.7 Å². The first-order valence-electron chi connectivity index (χ1n) is 12.8. The molecule has 0 fully saturated rings. The predicted octanol–water partition coefficient (Wildman–Crippen LogP) is 4.57. The van der Waals surface area contributed by atoms with Gasteiger partial charge in [-0.1, -0.05) is 23.2 Å². The van der Waals surface area contributed by atoms with Gasteiger partial charge in [0.15, 0.2) is 13.2 Å². The SMILES string of the molecule is Cc1cc(Cl)ccc1NC(=O)COC(=O)c1ccc2c(c1)C(=O)N([C@@H](C)C(=O)OCC(=O)Nc1ccc(Cl)cc1C)C2=O. The smallest absolute Gasteiger partial charge is 0.338 e. The van der Waals surface area contributed by atoms with E-state index in [-0.39, 0.29) is 16.7 Å². The van der Waals surface area contributed by atoms with Gasteiger partial charge in [0.25, 0.3) is 23.6 Å². The van der Waals surface area contributed by atoms with Crippen molar-refractivity contribution >= 4 is 70.1 Å². The zero-order chi connectivity index (χ0) is 31.4. The summed E-state index contributed by atoms with van der Waals surface area (Å²) in [4.78, 5) is 76.5. The first-order valence-corrected chi connectivity index (χ1v) is 13.6. The Bertz CT molecular complexity index is 1670. The summed E-state index contributed by atoms with van der Waals surface area (Å²) < 4.78 is 10.1. The normalized spacial score (nSPS) is 12.8. The van der Waals surface area contributed by atoms with Gasteiger partial charge in [-0.25, -0.2) is 9.59 Å². The zero-order valence-electron chi connectivity index (χ0n) is 23.2. The number of benzene rings is 3. The van der Waals surface area contributed by atoms with Crippen molar-refractivity contribution in [2.45, 2.75) is 26.8 Å². The molecule has 0 saturated carbocycles. The molecule has 0 spiro atoms. The molecule has 1 heterocycles. The molecule has 0 bridgehead atoms. The molecule has 11 nitrogen and oxygen atoms in total. The highest BCUT2D eigenvalue weighted by Crippen LogP contribution is 2.27. The Labute approximate surface area is 256 Å². The molecule has 4 amide bonds. The average molecular weight is 626 g/mol. The van der Waals surface area contributed by atoms with Gasteiger partial charge in [0.1, 0.15) is 6.04 Å². The minimum Gasteiger partial charge on any atom is -0.454 e. The zero-order valence-corrected chi connectivity index (χ0v) is 24.7. The molecule has 0 unspecified atom stereocenters. The van der Waals surface area contributed by atoms with Crippen molar-refractivity contribution in [3.8, 4) is 0 Å². The molecule has 3 aromatic rings. The second kappa shape index (κ2) is 13.1. The van der Waals surface area contributed by atoms with E-state index in [1.54, 1.807) is 50.2 Å². The maximum atomic E-state index is 13.1. The minimum atomic E-state index is -1.37. The fraction of sp³-hybridized carbons (Fsp3) is 0.200. The summed E-state index contributed by atoms with van der Waals surface area (Å²) in [6.07, 6.45) is 0. The number of hydrogen-bond donors (Lipinski definition) is 2. The molecule has 1 aliphatic rings. The first-order chi connectivity index (χ1) is 20.3. The molecule has 3 aromatic carbocycles. The molecule has 4 rings (SSSR count). The highest BCUT2D eigenvalue weighted by atomic mass is 35.5. The maximum absolute atomic E-state index is 13.1. The van der Waals surface area contributed by atoms with Crippen molar-refractivity contribution in [2.75, 3.05) is 23.8 Å². The van der Waals surface area contributed by atoms with E-state index in [1.807, 2.05) is 0 Å². The van der Waals surface area contributed by atoms with Crippen LogP contribution in [0.5, 0.6) is 0 Å². The number of nitrogens with one attached hydrogen (secondary N) is 2. The topological polar surface area (TPSA) is 148 Å². The van der Waals surface area contributed by atoms with Crippen LogP contribution in [0.4, 0.5) is 11.4 Å². The minimum absolute atomic E-state index is 0.0342. The summed E-state index contributed by atoms with van der Waals surface area (Å²) in [5.41, 5.74) is 2.15.